The van der Waals surface area contributed by atoms with Gasteiger partial charge in [0.25, 0.3) is 0 Å². The molecule has 3 nitrogen and oxygen atoms in total. The minimum atomic E-state index is -0.296. The molecule has 0 spiro atoms. The van der Waals surface area contributed by atoms with Gasteiger partial charge in [0.1, 0.15) is 0 Å². The Labute approximate surface area is 51.2 Å². The van der Waals surface area contributed by atoms with Crippen LogP contribution in [0.5, 0.6) is 0 Å². The highest BCUT2D eigenvalue weighted by atomic mass is 16.6. The van der Waals surface area contributed by atoms with Gasteiger partial charge < -0.3 is 0 Å². The van der Waals surface area contributed by atoms with Crippen LogP contribution in [-0.4, -0.2) is 10.5 Å². The summed E-state index contributed by atoms with van der Waals surface area (Å²) in [5, 5.41) is 10.4. The van der Waals surface area contributed by atoms with E-state index in [1.165, 1.54) is 0 Å². The Morgan fingerprint density at radius 1 is 1.22 bits per heavy atom. The molecule has 5 aliphatic carbocycles. The Bertz CT molecular complexity index is 232. The van der Waals surface area contributed by atoms with Gasteiger partial charge in [-0.05, 0) is 11.8 Å². The summed E-state index contributed by atoms with van der Waals surface area (Å²) in [7, 11) is 0. The molecule has 5 saturated carbocycles. The second kappa shape index (κ2) is 0.554. The molecule has 0 aromatic rings. The van der Waals surface area contributed by atoms with E-state index in [1.807, 2.05) is 0 Å². The van der Waals surface area contributed by atoms with E-state index in [1.54, 1.807) is 0 Å². The molecule has 0 saturated heterocycles. The minimum absolute atomic E-state index is 0.00694. The highest BCUT2D eigenvalue weighted by molar-refractivity contribution is 5.53. The van der Waals surface area contributed by atoms with E-state index in [0.717, 1.165) is 11.8 Å². The van der Waals surface area contributed by atoms with Crippen molar-refractivity contribution in [1.82, 2.24) is 0 Å². The third-order valence-corrected chi connectivity index (χ3v) is 4.16. The molecule has 0 aliphatic heterocycles. The summed E-state index contributed by atoms with van der Waals surface area (Å²) in [6.45, 7) is 0. The zero-order chi connectivity index (χ0) is 5.96. The molecule has 4 unspecified atom stereocenters. The van der Waals surface area contributed by atoms with Crippen LogP contribution in [0.3, 0.4) is 0 Å². The summed E-state index contributed by atoms with van der Waals surface area (Å²) in [6, 6.07) is 0. The Balaban J connectivity index is 1.93. The lowest BCUT2D eigenvalue weighted by molar-refractivity contribution is -0.566. The molecule has 5 fully saturated rings. The maximum absolute atomic E-state index is 10.4. The molecule has 0 aromatic carbocycles. The number of hydrogen-bond donors (Lipinski definition) is 0. The van der Waals surface area contributed by atoms with Crippen LogP contribution in [-0.2, 0) is 0 Å². The first-order chi connectivity index (χ1) is 4.31. The van der Waals surface area contributed by atoms with Gasteiger partial charge >= 0.3 is 0 Å². The van der Waals surface area contributed by atoms with Gasteiger partial charge in [0.05, 0.1) is 0 Å². The monoisotopic (exact) mass is 123 g/mol. The number of hydrogen-bond acceptors (Lipinski definition) is 2. The van der Waals surface area contributed by atoms with Crippen LogP contribution in [0.2, 0.25) is 0 Å². The molecule has 9 heavy (non-hydrogen) atoms. The van der Waals surface area contributed by atoms with Crippen LogP contribution in [0, 0.1) is 39.7 Å². The lowest BCUT2D eigenvalue weighted by Crippen LogP contribution is -2.38. The zero-order valence-corrected chi connectivity index (χ0v) is 4.65. The molecule has 0 N–H and O–H groups in total. The van der Waals surface area contributed by atoms with Crippen molar-refractivity contribution in [2.45, 2.75) is 5.54 Å². The molecule has 0 aromatic heterocycles. The van der Waals surface area contributed by atoms with E-state index in [9.17, 15) is 10.1 Å². The van der Waals surface area contributed by atoms with Crippen LogP contribution in [0.15, 0.2) is 0 Å². The molecular weight excluding hydrogens is 118 g/mol. The summed E-state index contributed by atoms with van der Waals surface area (Å²) >= 11 is 0. The van der Waals surface area contributed by atoms with Gasteiger partial charge in [-0.3, -0.25) is 10.1 Å². The summed E-state index contributed by atoms with van der Waals surface area (Å²) in [5.41, 5.74) is -0.296. The van der Waals surface area contributed by atoms with Crippen molar-refractivity contribution in [3.05, 3.63) is 10.1 Å². The van der Waals surface area contributed by atoms with Crippen molar-refractivity contribution in [2.75, 3.05) is 0 Å². The SMILES string of the molecule is O=[N+]([O-])C12C3C4C3C1C42. The molecule has 5 rings (SSSR count). The maximum Gasteiger partial charge on any atom is 0.232 e. The van der Waals surface area contributed by atoms with Gasteiger partial charge in [0, 0.05) is 22.7 Å². The summed E-state index contributed by atoms with van der Waals surface area (Å²) < 4.78 is 0. The predicted octanol–water partition coefficient (Wildman–Crippen LogP) is 0.137. The lowest BCUT2D eigenvalue weighted by Gasteiger charge is -2.16. The quantitative estimate of drug-likeness (QED) is 0.367. The molecular formula is C6H5NO2. The fourth-order valence-electron chi connectivity index (χ4n) is 3.87. The second-order valence-electron chi connectivity index (χ2n) is 3.88. The van der Waals surface area contributed by atoms with E-state index < -0.39 is 0 Å². The van der Waals surface area contributed by atoms with Gasteiger partial charge in [0.2, 0.25) is 5.54 Å². The molecule has 0 amide bonds. The van der Waals surface area contributed by atoms with Crippen molar-refractivity contribution in [3.8, 4) is 0 Å². The van der Waals surface area contributed by atoms with Crippen molar-refractivity contribution < 1.29 is 4.92 Å². The van der Waals surface area contributed by atoms with Crippen molar-refractivity contribution in [3.63, 3.8) is 0 Å². The third-order valence-electron chi connectivity index (χ3n) is 4.16. The molecule has 4 atom stereocenters. The second-order valence-corrected chi connectivity index (χ2v) is 3.88. The van der Waals surface area contributed by atoms with Gasteiger partial charge in [-0.1, -0.05) is 0 Å². The van der Waals surface area contributed by atoms with Gasteiger partial charge in [-0.2, -0.15) is 0 Å². The first kappa shape index (κ1) is 3.54. The predicted molar refractivity (Wildman–Crippen MR) is 27.2 cm³/mol. The van der Waals surface area contributed by atoms with Gasteiger partial charge in [0.15, 0.2) is 0 Å². The Morgan fingerprint density at radius 2 is 1.78 bits per heavy atom. The number of rotatable bonds is 1. The maximum atomic E-state index is 10.4. The number of nitro groups is 1. The average Bonchev–Trinajstić information content (AvgIpc) is 2.06. The lowest BCUT2D eigenvalue weighted by atomic mass is 9.92. The van der Waals surface area contributed by atoms with Crippen molar-refractivity contribution >= 4 is 0 Å². The van der Waals surface area contributed by atoms with Crippen molar-refractivity contribution in [1.29, 1.82) is 0 Å². The normalized spacial score (nSPS) is 83.8. The van der Waals surface area contributed by atoms with Crippen molar-refractivity contribution in [2.24, 2.45) is 29.6 Å². The Hall–Kier alpha value is -0.600. The molecule has 0 radical (unpaired) electrons. The Kier molecular flexibility index (Phi) is 0.218. The largest absolute Gasteiger partial charge is 0.264 e. The summed E-state index contributed by atoms with van der Waals surface area (Å²) in [6.07, 6.45) is 0. The topological polar surface area (TPSA) is 43.1 Å². The summed E-state index contributed by atoms with van der Waals surface area (Å²) in [4.78, 5) is 10.4. The van der Waals surface area contributed by atoms with E-state index in [4.69, 9.17) is 0 Å². The summed E-state index contributed by atoms with van der Waals surface area (Å²) in [5.74, 6) is 3.41. The van der Waals surface area contributed by atoms with Crippen LogP contribution >= 0.6 is 0 Å². The standard InChI is InChI=1S/C6H5NO2/c8-7(9)6-3-1-2(3)5(6)4(1)6/h1-5H. The fourth-order valence-corrected chi connectivity index (χ4v) is 3.87. The van der Waals surface area contributed by atoms with Crippen LogP contribution in [0.25, 0.3) is 0 Å². The molecule has 5 aliphatic rings. The Morgan fingerprint density at radius 3 is 2.00 bits per heavy atom. The molecule has 0 heterocycles. The molecule has 3 heteroatoms. The van der Waals surface area contributed by atoms with Gasteiger partial charge in [-0.25, -0.2) is 0 Å². The van der Waals surface area contributed by atoms with E-state index in [0.29, 0.717) is 17.8 Å². The van der Waals surface area contributed by atoms with Crippen LogP contribution < -0.4 is 0 Å². The average molecular weight is 123 g/mol. The first-order valence-corrected chi connectivity index (χ1v) is 3.45. The van der Waals surface area contributed by atoms with Crippen LogP contribution in [0.4, 0.5) is 0 Å². The first-order valence-electron chi connectivity index (χ1n) is 3.45. The molecule has 46 valence electrons. The fraction of sp³-hybridized carbons (Fsp3) is 1.00. The molecule has 0 bridgehead atoms. The van der Waals surface area contributed by atoms with Crippen LogP contribution in [0.1, 0.15) is 0 Å². The van der Waals surface area contributed by atoms with E-state index >= 15 is 0 Å². The smallest absolute Gasteiger partial charge is 0.232 e. The minimum Gasteiger partial charge on any atom is -0.264 e. The van der Waals surface area contributed by atoms with E-state index in [-0.39, 0.29) is 10.5 Å². The number of nitrogens with zero attached hydrogens (tertiary/aromatic N) is 1. The third kappa shape index (κ3) is 0.115. The van der Waals surface area contributed by atoms with E-state index in [2.05, 4.69) is 0 Å². The van der Waals surface area contributed by atoms with Gasteiger partial charge in [-0.15, -0.1) is 0 Å². The highest BCUT2D eigenvalue weighted by Crippen LogP contribution is 3.03. The zero-order valence-electron chi connectivity index (χ0n) is 4.65. The highest BCUT2D eigenvalue weighted by Gasteiger charge is 3.14.